The third kappa shape index (κ3) is 5.84. The molecule has 0 aliphatic heterocycles. The van der Waals surface area contributed by atoms with E-state index in [2.05, 4.69) is 31.4 Å². The van der Waals surface area contributed by atoms with Crippen molar-refractivity contribution in [2.75, 3.05) is 17.2 Å². The van der Waals surface area contributed by atoms with Crippen LogP contribution in [0.1, 0.15) is 45.2 Å². The van der Waals surface area contributed by atoms with Crippen molar-refractivity contribution in [2.45, 2.75) is 46.5 Å². The maximum atomic E-state index is 12.4. The van der Waals surface area contributed by atoms with E-state index in [1.54, 1.807) is 13.0 Å². The molecular weight excluding hydrogens is 340 g/mol. The standard InChI is InChI=1S/C22H28N2O3/c1-6-20(25)23-16-12-11-15(2)18(13-16)24-21(26)14-27-19-10-8-7-9-17(19)22(3,4)5/h7-13H,6,14H2,1-5H3,(H,23,25)(H,24,26). The van der Waals surface area contributed by atoms with Crippen LogP contribution in [0.15, 0.2) is 42.5 Å². The summed E-state index contributed by atoms with van der Waals surface area (Å²) in [6, 6.07) is 13.2. The molecule has 5 heteroatoms. The summed E-state index contributed by atoms with van der Waals surface area (Å²) in [4.78, 5) is 23.9. The molecule has 5 nitrogen and oxygen atoms in total. The Balaban J connectivity index is 2.05. The highest BCUT2D eigenvalue weighted by Gasteiger charge is 2.19. The minimum Gasteiger partial charge on any atom is -0.483 e. The van der Waals surface area contributed by atoms with E-state index in [0.717, 1.165) is 11.1 Å². The Morgan fingerprint density at radius 2 is 1.70 bits per heavy atom. The zero-order valence-corrected chi connectivity index (χ0v) is 16.7. The van der Waals surface area contributed by atoms with Crippen molar-refractivity contribution < 1.29 is 14.3 Å². The van der Waals surface area contributed by atoms with Gasteiger partial charge in [-0.1, -0.05) is 52.0 Å². The van der Waals surface area contributed by atoms with Gasteiger partial charge in [0, 0.05) is 17.8 Å². The predicted octanol–water partition coefficient (Wildman–Crippen LogP) is 4.66. The maximum absolute atomic E-state index is 12.4. The molecule has 2 aromatic rings. The first kappa shape index (κ1) is 20.5. The van der Waals surface area contributed by atoms with Crippen molar-refractivity contribution in [2.24, 2.45) is 0 Å². The van der Waals surface area contributed by atoms with Crippen LogP contribution in [0.25, 0.3) is 0 Å². The van der Waals surface area contributed by atoms with Crippen LogP contribution in [-0.2, 0) is 15.0 Å². The number of hydrogen-bond acceptors (Lipinski definition) is 3. The van der Waals surface area contributed by atoms with E-state index in [1.165, 1.54) is 0 Å². The van der Waals surface area contributed by atoms with Crippen LogP contribution in [-0.4, -0.2) is 18.4 Å². The molecule has 0 bridgehead atoms. The van der Waals surface area contributed by atoms with E-state index in [0.29, 0.717) is 23.5 Å². The van der Waals surface area contributed by atoms with Crippen molar-refractivity contribution in [1.82, 2.24) is 0 Å². The number of carbonyl (C=O) groups is 2. The summed E-state index contributed by atoms with van der Waals surface area (Å²) in [6.45, 7) is 9.92. The van der Waals surface area contributed by atoms with Crippen molar-refractivity contribution in [1.29, 1.82) is 0 Å². The largest absolute Gasteiger partial charge is 0.483 e. The number of carbonyl (C=O) groups excluding carboxylic acids is 2. The average Bonchev–Trinajstić information content (AvgIpc) is 2.62. The van der Waals surface area contributed by atoms with E-state index in [9.17, 15) is 9.59 Å². The van der Waals surface area contributed by atoms with Crippen LogP contribution in [0.3, 0.4) is 0 Å². The van der Waals surface area contributed by atoms with Crippen LogP contribution in [0.5, 0.6) is 5.75 Å². The van der Waals surface area contributed by atoms with Crippen LogP contribution in [0, 0.1) is 6.92 Å². The van der Waals surface area contributed by atoms with Gasteiger partial charge < -0.3 is 15.4 Å². The average molecular weight is 368 g/mol. The van der Waals surface area contributed by atoms with Gasteiger partial charge in [-0.05, 0) is 41.7 Å². The fourth-order valence-electron chi connectivity index (χ4n) is 2.63. The van der Waals surface area contributed by atoms with Gasteiger partial charge in [-0.2, -0.15) is 0 Å². The fraction of sp³-hybridized carbons (Fsp3) is 0.364. The Morgan fingerprint density at radius 3 is 2.37 bits per heavy atom. The van der Waals surface area contributed by atoms with Crippen LogP contribution in [0.2, 0.25) is 0 Å². The summed E-state index contributed by atoms with van der Waals surface area (Å²) in [7, 11) is 0. The number of benzene rings is 2. The number of hydrogen-bond donors (Lipinski definition) is 2. The maximum Gasteiger partial charge on any atom is 0.262 e. The molecule has 27 heavy (non-hydrogen) atoms. The first-order valence-corrected chi connectivity index (χ1v) is 9.13. The lowest BCUT2D eigenvalue weighted by Gasteiger charge is -2.22. The molecule has 0 atom stereocenters. The van der Waals surface area contributed by atoms with Gasteiger partial charge in [0.25, 0.3) is 5.91 Å². The highest BCUT2D eigenvalue weighted by molar-refractivity contribution is 5.95. The third-order valence-corrected chi connectivity index (χ3v) is 4.17. The Kier molecular flexibility index (Phi) is 6.61. The lowest BCUT2D eigenvalue weighted by atomic mass is 9.86. The van der Waals surface area contributed by atoms with Crippen LogP contribution in [0.4, 0.5) is 11.4 Å². The minimum atomic E-state index is -0.249. The second kappa shape index (κ2) is 8.71. The zero-order chi connectivity index (χ0) is 20.0. The van der Waals surface area contributed by atoms with E-state index in [4.69, 9.17) is 4.74 Å². The van der Waals surface area contributed by atoms with Crippen LogP contribution >= 0.6 is 0 Å². The van der Waals surface area contributed by atoms with Gasteiger partial charge in [0.15, 0.2) is 6.61 Å². The third-order valence-electron chi connectivity index (χ3n) is 4.17. The summed E-state index contributed by atoms with van der Waals surface area (Å²) in [5.41, 5.74) is 3.20. The molecule has 0 heterocycles. The number of rotatable bonds is 6. The van der Waals surface area contributed by atoms with Gasteiger partial charge in [0.2, 0.25) is 5.91 Å². The molecule has 2 amide bonds. The molecule has 0 aromatic heterocycles. The molecule has 0 spiro atoms. The molecule has 144 valence electrons. The zero-order valence-electron chi connectivity index (χ0n) is 16.7. The van der Waals surface area contributed by atoms with E-state index in [-0.39, 0.29) is 23.8 Å². The fourth-order valence-corrected chi connectivity index (χ4v) is 2.63. The second-order valence-corrected chi connectivity index (χ2v) is 7.51. The van der Waals surface area contributed by atoms with Crippen molar-refractivity contribution >= 4 is 23.2 Å². The lowest BCUT2D eigenvalue weighted by Crippen LogP contribution is -2.22. The number of amides is 2. The number of aryl methyl sites for hydroxylation is 1. The Hall–Kier alpha value is -2.82. The molecule has 0 saturated heterocycles. The molecule has 2 N–H and O–H groups in total. The van der Waals surface area contributed by atoms with Crippen molar-refractivity contribution in [3.63, 3.8) is 0 Å². The van der Waals surface area contributed by atoms with E-state index in [1.807, 2.05) is 43.3 Å². The van der Waals surface area contributed by atoms with Gasteiger partial charge in [-0.25, -0.2) is 0 Å². The monoisotopic (exact) mass is 368 g/mol. The van der Waals surface area contributed by atoms with Crippen molar-refractivity contribution in [3.8, 4) is 5.75 Å². The molecule has 0 radical (unpaired) electrons. The first-order valence-electron chi connectivity index (χ1n) is 9.13. The summed E-state index contributed by atoms with van der Waals surface area (Å²) in [5.74, 6) is 0.389. The molecule has 0 unspecified atom stereocenters. The Bertz CT molecular complexity index is 823. The summed E-state index contributed by atoms with van der Waals surface area (Å²) < 4.78 is 5.77. The van der Waals surface area contributed by atoms with Crippen LogP contribution < -0.4 is 15.4 Å². The van der Waals surface area contributed by atoms with Gasteiger partial charge >= 0.3 is 0 Å². The molecule has 0 fully saturated rings. The smallest absolute Gasteiger partial charge is 0.262 e. The molecular formula is C22H28N2O3. The quantitative estimate of drug-likeness (QED) is 0.779. The SMILES string of the molecule is CCC(=O)Nc1ccc(C)c(NC(=O)COc2ccccc2C(C)(C)C)c1. The molecule has 0 aliphatic carbocycles. The Labute approximate surface area is 161 Å². The lowest BCUT2D eigenvalue weighted by molar-refractivity contribution is -0.118. The molecule has 2 aromatic carbocycles. The number of anilines is 2. The van der Waals surface area contributed by atoms with Gasteiger partial charge in [-0.15, -0.1) is 0 Å². The normalized spacial score (nSPS) is 11.0. The van der Waals surface area contributed by atoms with Gasteiger partial charge in [-0.3, -0.25) is 9.59 Å². The van der Waals surface area contributed by atoms with Crippen molar-refractivity contribution in [3.05, 3.63) is 53.6 Å². The van der Waals surface area contributed by atoms with E-state index >= 15 is 0 Å². The van der Waals surface area contributed by atoms with Gasteiger partial charge in [0.1, 0.15) is 5.75 Å². The summed E-state index contributed by atoms with van der Waals surface area (Å²) in [6.07, 6.45) is 0.399. The molecule has 0 saturated carbocycles. The summed E-state index contributed by atoms with van der Waals surface area (Å²) >= 11 is 0. The minimum absolute atomic E-state index is 0.0711. The Morgan fingerprint density at radius 1 is 1.00 bits per heavy atom. The number of ether oxygens (including phenoxy) is 1. The summed E-state index contributed by atoms with van der Waals surface area (Å²) in [5, 5.41) is 5.65. The van der Waals surface area contributed by atoms with E-state index < -0.39 is 0 Å². The topological polar surface area (TPSA) is 67.4 Å². The highest BCUT2D eigenvalue weighted by Crippen LogP contribution is 2.31. The number of para-hydroxylation sites is 1. The second-order valence-electron chi connectivity index (χ2n) is 7.51. The van der Waals surface area contributed by atoms with Gasteiger partial charge in [0.05, 0.1) is 0 Å². The predicted molar refractivity (Wildman–Crippen MR) is 109 cm³/mol. The first-order chi connectivity index (χ1) is 12.7. The molecule has 2 rings (SSSR count). The number of nitrogens with one attached hydrogen (secondary N) is 2. The molecule has 0 aliphatic rings. The highest BCUT2D eigenvalue weighted by atomic mass is 16.5.